The molecule has 0 saturated heterocycles. The topological polar surface area (TPSA) is 8.81 Å². The van der Waals surface area contributed by atoms with E-state index in [0.29, 0.717) is 0 Å². The van der Waals surface area contributed by atoms with Crippen LogP contribution in [-0.4, -0.2) is 4.57 Å². The lowest BCUT2D eigenvalue weighted by molar-refractivity contribution is -0.704. The fourth-order valence-electron chi connectivity index (χ4n) is 3.41. The number of imidazole rings is 1. The van der Waals surface area contributed by atoms with Gasteiger partial charge >= 0.3 is 0 Å². The van der Waals surface area contributed by atoms with Crippen molar-refractivity contribution >= 4 is 0 Å². The highest BCUT2D eigenvalue weighted by molar-refractivity contribution is 4.83. The van der Waals surface area contributed by atoms with E-state index in [1.54, 1.807) is 0 Å². The van der Waals surface area contributed by atoms with Crippen LogP contribution in [-0.2, 0) is 19.5 Å². The monoisotopic (exact) mass is 321 g/mol. The van der Waals surface area contributed by atoms with Crippen molar-refractivity contribution in [3.05, 3.63) is 18.2 Å². The van der Waals surface area contributed by atoms with Gasteiger partial charge in [-0.05, 0) is 19.3 Å². The van der Waals surface area contributed by atoms with Crippen LogP contribution in [0.2, 0.25) is 0 Å². The Hall–Kier alpha value is -0.790. The molecule has 0 aliphatic rings. The molecule has 0 amide bonds. The van der Waals surface area contributed by atoms with Crippen molar-refractivity contribution in [2.75, 3.05) is 0 Å². The van der Waals surface area contributed by atoms with Gasteiger partial charge < -0.3 is 0 Å². The Morgan fingerprint density at radius 3 is 1.87 bits per heavy atom. The smallest absolute Gasteiger partial charge is 0.234 e. The van der Waals surface area contributed by atoms with E-state index in [-0.39, 0.29) is 0 Å². The van der Waals surface area contributed by atoms with Gasteiger partial charge in [0.1, 0.15) is 12.4 Å². The Balaban J connectivity index is 2.10. The summed E-state index contributed by atoms with van der Waals surface area (Å²) < 4.78 is 4.94. The molecule has 0 spiro atoms. The van der Waals surface area contributed by atoms with E-state index in [2.05, 4.69) is 42.3 Å². The van der Waals surface area contributed by atoms with Crippen LogP contribution in [0.5, 0.6) is 0 Å². The lowest BCUT2D eigenvalue weighted by Crippen LogP contribution is -2.37. The molecule has 0 N–H and O–H groups in total. The minimum absolute atomic E-state index is 1.15. The summed E-state index contributed by atoms with van der Waals surface area (Å²) in [6, 6.07) is 0. The summed E-state index contributed by atoms with van der Waals surface area (Å²) in [4.78, 5) is 0. The largest absolute Gasteiger partial charge is 0.256 e. The third-order valence-electron chi connectivity index (χ3n) is 4.91. The molecular formula is C21H41N2+. The summed E-state index contributed by atoms with van der Waals surface area (Å²) in [5.41, 5.74) is 0. The van der Waals surface area contributed by atoms with Gasteiger partial charge in [0.25, 0.3) is 5.82 Å². The molecule has 2 heteroatoms. The van der Waals surface area contributed by atoms with E-state index in [0.717, 1.165) is 6.42 Å². The highest BCUT2D eigenvalue weighted by atomic mass is 15.1. The van der Waals surface area contributed by atoms with E-state index in [1.165, 1.54) is 96.0 Å². The Morgan fingerprint density at radius 1 is 0.739 bits per heavy atom. The van der Waals surface area contributed by atoms with Crippen LogP contribution in [0.25, 0.3) is 0 Å². The van der Waals surface area contributed by atoms with Crippen LogP contribution in [0.15, 0.2) is 12.4 Å². The van der Waals surface area contributed by atoms with Gasteiger partial charge in [-0.1, -0.05) is 78.6 Å². The Labute approximate surface area is 145 Å². The second-order valence-electron chi connectivity index (χ2n) is 6.99. The fourth-order valence-corrected chi connectivity index (χ4v) is 3.41. The molecule has 0 radical (unpaired) electrons. The molecule has 0 aromatic carbocycles. The van der Waals surface area contributed by atoms with Crippen LogP contribution < -0.4 is 4.57 Å². The Morgan fingerprint density at radius 2 is 1.30 bits per heavy atom. The Bertz CT molecular complexity index is 381. The minimum Gasteiger partial charge on any atom is -0.234 e. The van der Waals surface area contributed by atoms with Crippen molar-refractivity contribution in [2.24, 2.45) is 0 Å². The first-order valence-corrected chi connectivity index (χ1v) is 10.4. The number of hydrogen-bond acceptors (Lipinski definition) is 0. The van der Waals surface area contributed by atoms with Gasteiger partial charge in [0.2, 0.25) is 0 Å². The first-order chi connectivity index (χ1) is 11.3. The summed E-state index contributed by atoms with van der Waals surface area (Å²) in [6.45, 7) is 9.24. The predicted octanol–water partition coefficient (Wildman–Crippen LogP) is 6.06. The molecule has 1 aromatic rings. The number of unbranched alkanes of at least 4 members (excludes halogenated alkanes) is 10. The summed E-state index contributed by atoms with van der Waals surface area (Å²) in [7, 11) is 0. The van der Waals surface area contributed by atoms with Crippen molar-refractivity contribution < 1.29 is 4.57 Å². The molecule has 0 unspecified atom stereocenters. The van der Waals surface area contributed by atoms with Crippen molar-refractivity contribution in [3.8, 4) is 0 Å². The molecule has 0 aliphatic carbocycles. The molecule has 134 valence electrons. The average Bonchev–Trinajstić information content (AvgIpc) is 2.96. The molecule has 0 aliphatic heterocycles. The first-order valence-electron chi connectivity index (χ1n) is 10.4. The first kappa shape index (κ1) is 20.3. The summed E-state index contributed by atoms with van der Waals surface area (Å²) in [6.07, 6.45) is 22.5. The number of rotatable bonds is 15. The van der Waals surface area contributed by atoms with E-state index in [4.69, 9.17) is 0 Å². The van der Waals surface area contributed by atoms with E-state index < -0.39 is 0 Å². The third-order valence-corrected chi connectivity index (χ3v) is 4.91. The molecule has 0 atom stereocenters. The van der Waals surface area contributed by atoms with Crippen LogP contribution in [0.3, 0.4) is 0 Å². The Kier molecular flexibility index (Phi) is 12.0. The predicted molar refractivity (Wildman–Crippen MR) is 101 cm³/mol. The molecule has 1 aromatic heterocycles. The van der Waals surface area contributed by atoms with E-state index >= 15 is 0 Å². The standard InChI is InChI=1S/C21H41N2/c1-4-7-9-10-11-12-13-14-15-16-18-23-20-19-22(17-8-5-2)21(23)6-3/h19-20H,4-18H2,1-3H3/q+1. The maximum absolute atomic E-state index is 2.49. The lowest BCUT2D eigenvalue weighted by Gasteiger charge is -2.04. The van der Waals surface area contributed by atoms with Crippen LogP contribution in [0.1, 0.15) is 104 Å². The maximum Gasteiger partial charge on any atom is 0.256 e. The molecule has 0 bridgehead atoms. The number of aromatic nitrogens is 2. The summed E-state index contributed by atoms with van der Waals surface area (Å²) in [5, 5.41) is 0. The number of nitrogens with zero attached hydrogens (tertiary/aromatic N) is 2. The van der Waals surface area contributed by atoms with Gasteiger partial charge in [0, 0.05) is 6.42 Å². The highest BCUT2D eigenvalue weighted by Gasteiger charge is 2.13. The highest BCUT2D eigenvalue weighted by Crippen LogP contribution is 2.11. The molecule has 0 saturated carbocycles. The van der Waals surface area contributed by atoms with Gasteiger partial charge in [0.05, 0.1) is 13.1 Å². The zero-order valence-corrected chi connectivity index (χ0v) is 16.2. The van der Waals surface area contributed by atoms with Gasteiger partial charge in [-0.15, -0.1) is 0 Å². The number of aryl methyl sites for hydroxylation is 2. The van der Waals surface area contributed by atoms with Crippen LogP contribution >= 0.6 is 0 Å². The van der Waals surface area contributed by atoms with Crippen LogP contribution in [0.4, 0.5) is 0 Å². The van der Waals surface area contributed by atoms with Gasteiger partial charge in [0.15, 0.2) is 0 Å². The van der Waals surface area contributed by atoms with Crippen molar-refractivity contribution in [1.82, 2.24) is 4.57 Å². The average molecular weight is 322 g/mol. The van der Waals surface area contributed by atoms with Gasteiger partial charge in [-0.2, -0.15) is 0 Å². The minimum atomic E-state index is 1.15. The van der Waals surface area contributed by atoms with Crippen molar-refractivity contribution in [3.63, 3.8) is 0 Å². The molecule has 2 nitrogen and oxygen atoms in total. The number of hydrogen-bond donors (Lipinski definition) is 0. The molecule has 1 rings (SSSR count). The fraction of sp³-hybridized carbons (Fsp3) is 0.857. The SMILES string of the molecule is CCCCCCCCCCCCn1cc[n+](CCCC)c1CC. The summed E-state index contributed by atoms with van der Waals surface area (Å²) in [5.74, 6) is 1.51. The quantitative estimate of drug-likeness (QED) is 0.274. The third kappa shape index (κ3) is 8.58. The second-order valence-corrected chi connectivity index (χ2v) is 6.99. The van der Waals surface area contributed by atoms with Crippen molar-refractivity contribution in [2.45, 2.75) is 117 Å². The second kappa shape index (κ2) is 13.6. The lowest BCUT2D eigenvalue weighted by atomic mass is 10.1. The molecule has 0 fully saturated rings. The van der Waals surface area contributed by atoms with Crippen LogP contribution in [0, 0.1) is 0 Å². The van der Waals surface area contributed by atoms with Crippen molar-refractivity contribution in [1.29, 1.82) is 0 Å². The van der Waals surface area contributed by atoms with E-state index in [1.807, 2.05) is 0 Å². The zero-order valence-electron chi connectivity index (χ0n) is 16.2. The molecule has 1 heterocycles. The van der Waals surface area contributed by atoms with E-state index in [9.17, 15) is 0 Å². The molecular weight excluding hydrogens is 280 g/mol. The zero-order chi connectivity index (χ0) is 16.8. The van der Waals surface area contributed by atoms with Gasteiger partial charge in [-0.3, -0.25) is 0 Å². The summed E-state index contributed by atoms with van der Waals surface area (Å²) >= 11 is 0. The normalized spacial score (nSPS) is 11.3. The molecule has 23 heavy (non-hydrogen) atoms. The maximum atomic E-state index is 2.49. The van der Waals surface area contributed by atoms with Gasteiger partial charge in [-0.25, -0.2) is 9.13 Å².